The zero-order valence-electron chi connectivity index (χ0n) is 12.7. The largest absolute Gasteiger partial charge is 0.466 e. The molecule has 0 N–H and O–H groups in total. The molecule has 0 fully saturated rings. The molecule has 0 aliphatic heterocycles. The van der Waals surface area contributed by atoms with Gasteiger partial charge < -0.3 is 4.74 Å². The minimum absolute atomic E-state index is 0.0797. The molecule has 0 aromatic heterocycles. The van der Waals surface area contributed by atoms with Gasteiger partial charge in [-0.25, -0.2) is 0 Å². The Morgan fingerprint density at radius 3 is 2.15 bits per heavy atom. The molecule has 0 aromatic rings. The zero-order valence-corrected chi connectivity index (χ0v) is 12.7. The summed E-state index contributed by atoms with van der Waals surface area (Å²) in [7, 11) is 0. The van der Waals surface area contributed by atoms with Crippen molar-refractivity contribution in [1.82, 2.24) is 0 Å². The number of rotatable bonds is 12. The van der Waals surface area contributed by atoms with Crippen molar-refractivity contribution in [3.05, 3.63) is 49.1 Å². The van der Waals surface area contributed by atoms with Crippen LogP contribution in [-0.2, 0) is 9.53 Å². The second kappa shape index (κ2) is 15.5. The molecule has 0 bridgehead atoms. The quantitative estimate of drug-likeness (QED) is 0.280. The van der Waals surface area contributed by atoms with E-state index in [1.165, 1.54) is 0 Å². The molecule has 2 nitrogen and oxygen atoms in total. The molecule has 0 unspecified atom stereocenters. The molecule has 0 aliphatic rings. The van der Waals surface area contributed by atoms with E-state index >= 15 is 0 Å². The Hall–Kier alpha value is -1.57. The number of ether oxygens (including phenoxy) is 1. The summed E-state index contributed by atoms with van der Waals surface area (Å²) in [6, 6.07) is 0. The molecule has 0 radical (unpaired) electrons. The van der Waals surface area contributed by atoms with Gasteiger partial charge in [0.1, 0.15) is 0 Å². The monoisotopic (exact) mass is 276 g/mol. The maximum atomic E-state index is 11.1. The van der Waals surface area contributed by atoms with Crippen molar-refractivity contribution in [3.63, 3.8) is 0 Å². The van der Waals surface area contributed by atoms with Crippen molar-refractivity contribution >= 4 is 5.97 Å². The van der Waals surface area contributed by atoms with E-state index in [1.807, 2.05) is 13.0 Å². The smallest absolute Gasteiger partial charge is 0.305 e. The maximum Gasteiger partial charge on any atom is 0.305 e. The standard InChI is InChI=1S/C18H28O2/c1-3-5-6-7-8-9-10-11-12-13-14-15-16-17-18(19)20-4-2/h3,6-7,9-10,12-13H,1,4-5,8,11,14-17H2,2H3. The summed E-state index contributed by atoms with van der Waals surface area (Å²) in [4.78, 5) is 11.1. The lowest BCUT2D eigenvalue weighted by atomic mass is 10.2. The van der Waals surface area contributed by atoms with Crippen LogP contribution in [0.15, 0.2) is 49.1 Å². The lowest BCUT2D eigenvalue weighted by molar-refractivity contribution is -0.143. The number of unbranched alkanes of at least 4 members (excludes halogenated alkanes) is 2. The van der Waals surface area contributed by atoms with Crippen molar-refractivity contribution in [2.75, 3.05) is 6.61 Å². The number of carbonyl (C=O) groups is 1. The van der Waals surface area contributed by atoms with Gasteiger partial charge >= 0.3 is 5.97 Å². The van der Waals surface area contributed by atoms with Gasteiger partial charge in [0.15, 0.2) is 0 Å². The van der Waals surface area contributed by atoms with E-state index in [1.54, 1.807) is 0 Å². The molecule has 0 heterocycles. The van der Waals surface area contributed by atoms with Crippen LogP contribution in [0.4, 0.5) is 0 Å². The molecule has 0 saturated carbocycles. The van der Waals surface area contributed by atoms with Gasteiger partial charge in [-0.15, -0.1) is 6.58 Å². The van der Waals surface area contributed by atoms with E-state index < -0.39 is 0 Å². The summed E-state index contributed by atoms with van der Waals surface area (Å²) in [5.41, 5.74) is 0. The van der Waals surface area contributed by atoms with E-state index in [0.717, 1.165) is 38.5 Å². The Morgan fingerprint density at radius 2 is 1.55 bits per heavy atom. The maximum absolute atomic E-state index is 11.1. The highest BCUT2D eigenvalue weighted by atomic mass is 16.5. The average Bonchev–Trinajstić information content (AvgIpc) is 2.44. The average molecular weight is 276 g/mol. The number of hydrogen-bond donors (Lipinski definition) is 0. The first-order valence-electron chi connectivity index (χ1n) is 7.52. The predicted octanol–water partition coefficient (Wildman–Crippen LogP) is 5.13. The van der Waals surface area contributed by atoms with E-state index in [9.17, 15) is 4.79 Å². The van der Waals surface area contributed by atoms with Crippen LogP contribution in [0.5, 0.6) is 0 Å². The van der Waals surface area contributed by atoms with Crippen molar-refractivity contribution in [1.29, 1.82) is 0 Å². The molecule has 0 rings (SSSR count). The Labute approximate surface area is 123 Å². The highest BCUT2D eigenvalue weighted by Crippen LogP contribution is 2.03. The van der Waals surface area contributed by atoms with Crippen LogP contribution in [0.25, 0.3) is 0 Å². The Bertz CT molecular complexity index is 324. The molecule has 0 aliphatic carbocycles. The zero-order chi connectivity index (χ0) is 14.9. The first-order valence-corrected chi connectivity index (χ1v) is 7.52. The van der Waals surface area contributed by atoms with Gasteiger partial charge in [-0.1, -0.05) is 42.5 Å². The summed E-state index contributed by atoms with van der Waals surface area (Å²) in [5, 5.41) is 0. The minimum atomic E-state index is -0.0797. The third-order valence-electron chi connectivity index (χ3n) is 2.65. The van der Waals surface area contributed by atoms with Crippen LogP contribution in [0, 0.1) is 0 Å². The molecular weight excluding hydrogens is 248 g/mol. The van der Waals surface area contributed by atoms with E-state index in [0.29, 0.717) is 13.0 Å². The van der Waals surface area contributed by atoms with Crippen molar-refractivity contribution in [2.24, 2.45) is 0 Å². The Balaban J connectivity index is 3.37. The lowest BCUT2D eigenvalue weighted by Crippen LogP contribution is -2.02. The molecular formula is C18H28O2. The van der Waals surface area contributed by atoms with Gasteiger partial charge in [-0.2, -0.15) is 0 Å². The van der Waals surface area contributed by atoms with Gasteiger partial charge in [-0.3, -0.25) is 4.79 Å². The highest BCUT2D eigenvalue weighted by Gasteiger charge is 1.99. The number of esters is 1. The van der Waals surface area contributed by atoms with Crippen LogP contribution in [0.2, 0.25) is 0 Å². The third kappa shape index (κ3) is 14.5. The second-order valence-corrected chi connectivity index (χ2v) is 4.46. The van der Waals surface area contributed by atoms with Crippen LogP contribution in [0.3, 0.4) is 0 Å². The normalized spacial score (nSPS) is 11.7. The van der Waals surface area contributed by atoms with Crippen molar-refractivity contribution in [2.45, 2.75) is 51.9 Å². The first kappa shape index (κ1) is 18.4. The van der Waals surface area contributed by atoms with Crippen LogP contribution in [-0.4, -0.2) is 12.6 Å². The van der Waals surface area contributed by atoms with Gasteiger partial charge in [-0.05, 0) is 45.4 Å². The lowest BCUT2D eigenvalue weighted by Gasteiger charge is -1.99. The van der Waals surface area contributed by atoms with Crippen molar-refractivity contribution in [3.8, 4) is 0 Å². The molecule has 20 heavy (non-hydrogen) atoms. The molecule has 112 valence electrons. The van der Waals surface area contributed by atoms with Gasteiger partial charge in [0.25, 0.3) is 0 Å². The Kier molecular flexibility index (Phi) is 14.3. The van der Waals surface area contributed by atoms with Crippen LogP contribution < -0.4 is 0 Å². The fourth-order valence-corrected chi connectivity index (χ4v) is 1.62. The van der Waals surface area contributed by atoms with E-state index in [2.05, 4.69) is 43.0 Å². The van der Waals surface area contributed by atoms with Gasteiger partial charge in [0, 0.05) is 6.42 Å². The third-order valence-corrected chi connectivity index (χ3v) is 2.65. The minimum Gasteiger partial charge on any atom is -0.466 e. The van der Waals surface area contributed by atoms with Crippen LogP contribution in [0.1, 0.15) is 51.9 Å². The summed E-state index contributed by atoms with van der Waals surface area (Å²) in [5.74, 6) is -0.0797. The topological polar surface area (TPSA) is 26.3 Å². The summed E-state index contributed by atoms with van der Waals surface area (Å²) in [6.07, 6.45) is 21.3. The Morgan fingerprint density at radius 1 is 0.950 bits per heavy atom. The van der Waals surface area contributed by atoms with Crippen LogP contribution >= 0.6 is 0 Å². The molecule has 0 amide bonds. The molecule has 0 aromatic carbocycles. The van der Waals surface area contributed by atoms with Crippen molar-refractivity contribution < 1.29 is 9.53 Å². The van der Waals surface area contributed by atoms with E-state index in [4.69, 9.17) is 4.74 Å². The molecule has 0 atom stereocenters. The number of allylic oxidation sites excluding steroid dienone is 7. The summed E-state index contributed by atoms with van der Waals surface area (Å²) in [6.45, 7) is 5.98. The molecule has 0 saturated heterocycles. The van der Waals surface area contributed by atoms with Gasteiger partial charge in [0.05, 0.1) is 6.61 Å². The van der Waals surface area contributed by atoms with Gasteiger partial charge in [0.2, 0.25) is 0 Å². The fourth-order valence-electron chi connectivity index (χ4n) is 1.62. The van der Waals surface area contributed by atoms with E-state index in [-0.39, 0.29) is 5.97 Å². The summed E-state index contributed by atoms with van der Waals surface area (Å²) >= 11 is 0. The predicted molar refractivity (Wildman–Crippen MR) is 86.6 cm³/mol. The number of hydrogen-bond acceptors (Lipinski definition) is 2. The highest BCUT2D eigenvalue weighted by molar-refractivity contribution is 5.69. The fraction of sp³-hybridized carbons (Fsp3) is 0.500. The SMILES string of the molecule is C=CCC=CCC=CCC=CCCCCC(=O)OCC. The number of carbonyl (C=O) groups excluding carboxylic acids is 1. The first-order chi connectivity index (χ1) is 9.81. The molecule has 0 spiro atoms. The molecule has 2 heteroatoms. The summed E-state index contributed by atoms with van der Waals surface area (Å²) < 4.78 is 4.87. The second-order valence-electron chi connectivity index (χ2n) is 4.46.